The largest absolute Gasteiger partial charge is 0.464 e. The number of nitrogens with zero attached hydrogens (tertiary/aromatic N) is 2. The van der Waals surface area contributed by atoms with Crippen molar-refractivity contribution in [2.75, 3.05) is 5.73 Å². The Morgan fingerprint density at radius 1 is 1.45 bits per heavy atom. The number of carbonyl (C=O) groups excluding carboxylic acids is 1. The quantitative estimate of drug-likeness (QED) is 0.940. The molecule has 2 N–H and O–H groups in total. The van der Waals surface area contributed by atoms with Crippen LogP contribution in [0.3, 0.4) is 0 Å². The maximum absolute atomic E-state index is 12.6. The first-order valence-corrected chi connectivity index (χ1v) is 7.29. The van der Waals surface area contributed by atoms with Crippen LogP contribution in [0.2, 0.25) is 0 Å². The van der Waals surface area contributed by atoms with Gasteiger partial charge in [-0.1, -0.05) is 11.3 Å². The molecule has 0 unspecified atom stereocenters. The molecule has 2 aromatic heterocycles. The number of rotatable bonds is 4. The maximum atomic E-state index is 12.6. The average Bonchev–Trinajstić information content (AvgIpc) is 2.91. The van der Waals surface area contributed by atoms with Crippen molar-refractivity contribution in [3.8, 4) is 0 Å². The molecule has 0 aliphatic rings. The summed E-state index contributed by atoms with van der Waals surface area (Å²) < 4.78 is 5.55. The van der Waals surface area contributed by atoms with Crippen LogP contribution in [0.5, 0.6) is 0 Å². The summed E-state index contributed by atoms with van der Waals surface area (Å²) in [5.41, 5.74) is 6.35. The lowest BCUT2D eigenvalue weighted by Crippen LogP contribution is -2.36. The molecule has 108 valence electrons. The van der Waals surface area contributed by atoms with Crippen LogP contribution in [0.15, 0.2) is 16.5 Å². The molecule has 2 aromatic rings. The molecule has 0 aromatic carbocycles. The topological polar surface area (TPSA) is 72.4 Å². The summed E-state index contributed by atoms with van der Waals surface area (Å²) >= 11 is 1.23. The van der Waals surface area contributed by atoms with Crippen LogP contribution in [-0.4, -0.2) is 21.8 Å². The van der Waals surface area contributed by atoms with E-state index in [1.165, 1.54) is 11.3 Å². The monoisotopic (exact) mass is 293 g/mol. The predicted octanol–water partition coefficient (Wildman–Crippen LogP) is 2.99. The highest BCUT2D eigenvalue weighted by Gasteiger charge is 2.24. The molecule has 2 heterocycles. The lowest BCUT2D eigenvalue weighted by Gasteiger charge is -2.25. The number of furan rings is 1. The SMILES string of the molecule is Cc1ccc(CN(C(=O)c2sc(N)nc2C)C(C)C)o1. The molecule has 6 heteroatoms. The number of aromatic nitrogens is 1. The van der Waals surface area contributed by atoms with E-state index in [-0.39, 0.29) is 11.9 Å². The normalized spacial score (nSPS) is 11.1. The Balaban J connectivity index is 2.24. The minimum Gasteiger partial charge on any atom is -0.464 e. The zero-order chi connectivity index (χ0) is 14.9. The lowest BCUT2D eigenvalue weighted by molar-refractivity contribution is 0.0679. The van der Waals surface area contributed by atoms with Gasteiger partial charge < -0.3 is 15.1 Å². The molecule has 0 aliphatic heterocycles. The summed E-state index contributed by atoms with van der Waals surface area (Å²) in [6.07, 6.45) is 0. The molecule has 0 saturated carbocycles. The molecule has 2 rings (SSSR count). The third-order valence-corrected chi connectivity index (χ3v) is 3.99. The van der Waals surface area contributed by atoms with E-state index >= 15 is 0 Å². The van der Waals surface area contributed by atoms with E-state index in [1.807, 2.05) is 32.9 Å². The fraction of sp³-hybridized carbons (Fsp3) is 0.429. The third-order valence-electron chi connectivity index (χ3n) is 3.01. The Kier molecular flexibility index (Phi) is 4.13. The summed E-state index contributed by atoms with van der Waals surface area (Å²) in [6, 6.07) is 3.86. The zero-order valence-electron chi connectivity index (χ0n) is 12.1. The van der Waals surface area contributed by atoms with E-state index in [0.29, 0.717) is 22.2 Å². The molecular weight excluding hydrogens is 274 g/mol. The minimum atomic E-state index is -0.0549. The first-order chi connectivity index (χ1) is 9.38. The Morgan fingerprint density at radius 2 is 2.15 bits per heavy atom. The van der Waals surface area contributed by atoms with Crippen LogP contribution in [0, 0.1) is 13.8 Å². The molecule has 0 saturated heterocycles. The van der Waals surface area contributed by atoms with E-state index < -0.39 is 0 Å². The maximum Gasteiger partial charge on any atom is 0.266 e. The first kappa shape index (κ1) is 14.6. The number of nitrogens with two attached hydrogens (primary N) is 1. The number of carbonyl (C=O) groups is 1. The number of thiazole rings is 1. The second-order valence-electron chi connectivity index (χ2n) is 5.01. The summed E-state index contributed by atoms with van der Waals surface area (Å²) in [4.78, 5) is 19.1. The van der Waals surface area contributed by atoms with E-state index in [9.17, 15) is 4.79 Å². The molecule has 0 bridgehead atoms. The van der Waals surface area contributed by atoms with E-state index in [0.717, 1.165) is 11.5 Å². The summed E-state index contributed by atoms with van der Waals surface area (Å²) in [6.45, 7) is 8.09. The minimum absolute atomic E-state index is 0.0549. The van der Waals surface area contributed by atoms with Crippen molar-refractivity contribution >= 4 is 22.4 Å². The Hall–Kier alpha value is -1.82. The first-order valence-electron chi connectivity index (χ1n) is 6.47. The van der Waals surface area contributed by atoms with Gasteiger partial charge in [0.1, 0.15) is 16.4 Å². The molecule has 1 amide bonds. The summed E-state index contributed by atoms with van der Waals surface area (Å²) in [5, 5.41) is 0.420. The average molecular weight is 293 g/mol. The smallest absolute Gasteiger partial charge is 0.266 e. The molecule has 0 radical (unpaired) electrons. The summed E-state index contributed by atoms with van der Waals surface area (Å²) in [5.74, 6) is 1.56. The van der Waals surface area contributed by atoms with Gasteiger partial charge in [0.05, 0.1) is 12.2 Å². The van der Waals surface area contributed by atoms with Gasteiger partial charge in [0.15, 0.2) is 5.13 Å². The van der Waals surface area contributed by atoms with Crippen molar-refractivity contribution in [2.24, 2.45) is 0 Å². The Labute approximate surface area is 122 Å². The highest BCUT2D eigenvalue weighted by molar-refractivity contribution is 7.17. The van der Waals surface area contributed by atoms with Gasteiger partial charge in [-0.2, -0.15) is 0 Å². The van der Waals surface area contributed by atoms with Crippen molar-refractivity contribution < 1.29 is 9.21 Å². The molecule has 0 fully saturated rings. The van der Waals surface area contributed by atoms with Gasteiger partial charge in [0.2, 0.25) is 0 Å². The lowest BCUT2D eigenvalue weighted by atomic mass is 10.2. The molecule has 5 nitrogen and oxygen atoms in total. The fourth-order valence-electron chi connectivity index (χ4n) is 1.97. The van der Waals surface area contributed by atoms with Crippen molar-refractivity contribution in [3.63, 3.8) is 0 Å². The summed E-state index contributed by atoms with van der Waals surface area (Å²) in [7, 11) is 0. The number of aryl methyl sites for hydroxylation is 2. The van der Waals surface area contributed by atoms with Gasteiger partial charge >= 0.3 is 0 Å². The predicted molar refractivity (Wildman–Crippen MR) is 79.7 cm³/mol. The number of amides is 1. The van der Waals surface area contributed by atoms with Crippen molar-refractivity contribution in [2.45, 2.75) is 40.3 Å². The molecule has 0 atom stereocenters. The van der Waals surface area contributed by atoms with Crippen molar-refractivity contribution in [1.82, 2.24) is 9.88 Å². The molecular formula is C14H19N3O2S. The number of anilines is 1. The van der Waals surface area contributed by atoms with Gasteiger partial charge in [-0.05, 0) is 39.8 Å². The molecule has 0 spiro atoms. The number of hydrogen-bond acceptors (Lipinski definition) is 5. The molecule has 20 heavy (non-hydrogen) atoms. The van der Waals surface area contributed by atoms with Crippen LogP contribution in [0.4, 0.5) is 5.13 Å². The second kappa shape index (κ2) is 5.66. The van der Waals surface area contributed by atoms with Crippen LogP contribution in [0.25, 0.3) is 0 Å². The third kappa shape index (κ3) is 3.01. The highest BCUT2D eigenvalue weighted by Crippen LogP contribution is 2.23. The van der Waals surface area contributed by atoms with Gasteiger partial charge in [0.25, 0.3) is 5.91 Å². The van der Waals surface area contributed by atoms with Crippen LogP contribution in [-0.2, 0) is 6.54 Å². The standard InChI is InChI=1S/C14H19N3O2S/c1-8(2)17(7-11-6-5-9(3)19-11)13(18)12-10(4)16-14(15)20-12/h5-6,8H,7H2,1-4H3,(H2,15,16). The number of hydrogen-bond donors (Lipinski definition) is 1. The van der Waals surface area contributed by atoms with Crippen molar-refractivity contribution in [1.29, 1.82) is 0 Å². The van der Waals surface area contributed by atoms with E-state index in [2.05, 4.69) is 4.98 Å². The van der Waals surface area contributed by atoms with Crippen LogP contribution >= 0.6 is 11.3 Å². The van der Waals surface area contributed by atoms with Gasteiger partial charge in [-0.15, -0.1) is 0 Å². The zero-order valence-corrected chi connectivity index (χ0v) is 13.0. The van der Waals surface area contributed by atoms with Gasteiger partial charge in [-0.25, -0.2) is 4.98 Å². The Bertz CT molecular complexity index is 616. The molecule has 0 aliphatic carbocycles. The fourth-order valence-corrected chi connectivity index (χ4v) is 2.76. The van der Waals surface area contributed by atoms with Gasteiger partial charge in [-0.3, -0.25) is 4.79 Å². The van der Waals surface area contributed by atoms with Crippen LogP contribution in [0.1, 0.15) is 40.7 Å². The highest BCUT2D eigenvalue weighted by atomic mass is 32.1. The second-order valence-corrected chi connectivity index (χ2v) is 6.04. The van der Waals surface area contributed by atoms with E-state index in [1.54, 1.807) is 11.8 Å². The van der Waals surface area contributed by atoms with Crippen molar-refractivity contribution in [3.05, 3.63) is 34.2 Å². The van der Waals surface area contributed by atoms with Crippen LogP contribution < -0.4 is 5.73 Å². The Morgan fingerprint density at radius 3 is 2.60 bits per heavy atom. The number of nitrogen functional groups attached to an aromatic ring is 1. The van der Waals surface area contributed by atoms with E-state index in [4.69, 9.17) is 10.2 Å². The van der Waals surface area contributed by atoms with Gasteiger partial charge in [0, 0.05) is 6.04 Å².